The van der Waals surface area contributed by atoms with Crippen molar-refractivity contribution in [1.29, 1.82) is 0 Å². The van der Waals surface area contributed by atoms with E-state index in [2.05, 4.69) is 17.9 Å². The molecule has 3 N–H and O–H groups in total. The summed E-state index contributed by atoms with van der Waals surface area (Å²) in [5, 5.41) is 11.5. The first-order chi connectivity index (χ1) is 10.5. The molecule has 1 fully saturated rings. The summed E-state index contributed by atoms with van der Waals surface area (Å²) >= 11 is 4.07. The van der Waals surface area contributed by atoms with E-state index in [4.69, 9.17) is 5.21 Å². The Balaban J connectivity index is 2.25. The minimum absolute atomic E-state index is 0.127. The van der Waals surface area contributed by atoms with Gasteiger partial charge < -0.3 is 5.32 Å². The number of rotatable bonds is 5. The van der Waals surface area contributed by atoms with Crippen LogP contribution >= 0.6 is 12.6 Å². The number of aryl methyl sites for hydroxylation is 1. The molecule has 0 saturated heterocycles. The van der Waals surface area contributed by atoms with Crippen LogP contribution in [0.4, 0.5) is 0 Å². The lowest BCUT2D eigenvalue weighted by Gasteiger charge is -2.30. The van der Waals surface area contributed by atoms with Crippen LogP contribution in [0.2, 0.25) is 0 Å². The first kappa shape index (κ1) is 16.8. The summed E-state index contributed by atoms with van der Waals surface area (Å²) in [6.07, 6.45) is 3.50. The fourth-order valence-corrected chi connectivity index (χ4v) is 3.32. The second-order valence-electron chi connectivity index (χ2n) is 5.84. The number of hydrogen-bond donors (Lipinski definition) is 4. The summed E-state index contributed by atoms with van der Waals surface area (Å²) < 4.78 is 0. The molecule has 1 unspecified atom stereocenters. The maximum Gasteiger partial charge on any atom is 0.266 e. The minimum atomic E-state index is -0.844. The zero-order chi connectivity index (χ0) is 16.2. The number of hydroxylamine groups is 1. The van der Waals surface area contributed by atoms with Gasteiger partial charge in [0.15, 0.2) is 0 Å². The number of nitrogens with one attached hydrogen (secondary N) is 2. The van der Waals surface area contributed by atoms with Gasteiger partial charge in [0.2, 0.25) is 5.91 Å². The molecule has 22 heavy (non-hydrogen) atoms. The molecule has 0 spiro atoms. The second kappa shape index (κ2) is 7.15. The standard InChI is InChI=1S/C16H22N2O3S/c1-11-4-6-12(7-5-11)16(8-2-3-9-16)15(20)17-13(10-22)14(19)18-21/h4-7,13,21-22H,2-3,8-10H2,1H3,(H,17,20)(H,18,19). The molecule has 1 aromatic rings. The Bertz CT molecular complexity index is 539. The van der Waals surface area contributed by atoms with E-state index in [1.54, 1.807) is 5.48 Å². The molecule has 0 aliphatic heterocycles. The van der Waals surface area contributed by atoms with Gasteiger partial charge in [0.25, 0.3) is 5.91 Å². The van der Waals surface area contributed by atoms with Crippen molar-refractivity contribution in [2.24, 2.45) is 0 Å². The van der Waals surface area contributed by atoms with E-state index in [9.17, 15) is 9.59 Å². The van der Waals surface area contributed by atoms with Gasteiger partial charge in [-0.1, -0.05) is 42.7 Å². The SMILES string of the molecule is Cc1ccc(C2(C(=O)NC(CS)C(=O)NO)CCCC2)cc1. The fraction of sp³-hybridized carbons (Fsp3) is 0.500. The lowest BCUT2D eigenvalue weighted by molar-refractivity contribution is -0.135. The Morgan fingerprint density at radius 2 is 1.86 bits per heavy atom. The van der Waals surface area contributed by atoms with Gasteiger partial charge in [0.1, 0.15) is 6.04 Å². The third kappa shape index (κ3) is 3.28. The third-order valence-corrected chi connectivity index (χ3v) is 4.78. The quantitative estimate of drug-likeness (QED) is 0.379. The highest BCUT2D eigenvalue weighted by atomic mass is 32.1. The van der Waals surface area contributed by atoms with E-state index in [0.717, 1.165) is 36.8 Å². The number of thiol groups is 1. The van der Waals surface area contributed by atoms with Gasteiger partial charge in [0.05, 0.1) is 5.41 Å². The number of carbonyl (C=O) groups excluding carboxylic acids is 2. The number of hydrogen-bond acceptors (Lipinski definition) is 4. The van der Waals surface area contributed by atoms with Gasteiger partial charge in [-0.05, 0) is 25.3 Å². The van der Waals surface area contributed by atoms with Crippen molar-refractivity contribution in [3.05, 3.63) is 35.4 Å². The fourth-order valence-electron chi connectivity index (χ4n) is 3.07. The summed E-state index contributed by atoms with van der Waals surface area (Å²) in [5.41, 5.74) is 3.10. The predicted octanol–water partition coefficient (Wildman–Crippen LogP) is 1.73. The molecule has 2 rings (SSSR count). The smallest absolute Gasteiger partial charge is 0.266 e. The van der Waals surface area contributed by atoms with Crippen LogP contribution in [-0.4, -0.2) is 28.8 Å². The summed E-state index contributed by atoms with van der Waals surface area (Å²) in [7, 11) is 0. The van der Waals surface area contributed by atoms with Crippen molar-refractivity contribution in [3.63, 3.8) is 0 Å². The van der Waals surface area contributed by atoms with E-state index >= 15 is 0 Å². The normalized spacial score (nSPS) is 17.8. The topological polar surface area (TPSA) is 78.4 Å². The van der Waals surface area contributed by atoms with Crippen molar-refractivity contribution in [3.8, 4) is 0 Å². The molecular formula is C16H22N2O3S. The van der Waals surface area contributed by atoms with Crippen LogP contribution in [0.3, 0.4) is 0 Å². The van der Waals surface area contributed by atoms with Crippen LogP contribution in [0.25, 0.3) is 0 Å². The molecule has 1 saturated carbocycles. The van der Waals surface area contributed by atoms with Crippen molar-refractivity contribution >= 4 is 24.4 Å². The molecular weight excluding hydrogens is 300 g/mol. The maximum atomic E-state index is 12.8. The highest BCUT2D eigenvalue weighted by Gasteiger charge is 2.43. The van der Waals surface area contributed by atoms with Crippen LogP contribution in [0.15, 0.2) is 24.3 Å². The number of amides is 2. The molecule has 0 bridgehead atoms. The molecule has 6 heteroatoms. The molecule has 5 nitrogen and oxygen atoms in total. The predicted molar refractivity (Wildman–Crippen MR) is 87.0 cm³/mol. The molecule has 2 amide bonds. The van der Waals surface area contributed by atoms with Gasteiger partial charge in [-0.15, -0.1) is 0 Å². The van der Waals surface area contributed by atoms with E-state index in [1.165, 1.54) is 0 Å². The third-order valence-electron chi connectivity index (χ3n) is 4.41. The van der Waals surface area contributed by atoms with Crippen LogP contribution < -0.4 is 10.8 Å². The largest absolute Gasteiger partial charge is 0.343 e. The van der Waals surface area contributed by atoms with Gasteiger partial charge >= 0.3 is 0 Å². The Labute approximate surface area is 135 Å². The zero-order valence-corrected chi connectivity index (χ0v) is 13.5. The van der Waals surface area contributed by atoms with Crippen LogP contribution in [0.5, 0.6) is 0 Å². The molecule has 0 radical (unpaired) electrons. The highest BCUT2D eigenvalue weighted by molar-refractivity contribution is 7.80. The second-order valence-corrected chi connectivity index (χ2v) is 6.21. The molecule has 0 heterocycles. The van der Waals surface area contributed by atoms with Gasteiger partial charge in [-0.25, -0.2) is 5.48 Å². The molecule has 1 atom stereocenters. The Kier molecular flexibility index (Phi) is 5.47. The first-order valence-corrected chi connectivity index (χ1v) is 8.09. The van der Waals surface area contributed by atoms with Gasteiger partial charge in [-0.2, -0.15) is 12.6 Å². The van der Waals surface area contributed by atoms with E-state index in [-0.39, 0.29) is 11.7 Å². The minimum Gasteiger partial charge on any atom is -0.343 e. The molecule has 120 valence electrons. The Hall–Kier alpha value is -1.53. The lowest BCUT2D eigenvalue weighted by atomic mass is 9.77. The van der Waals surface area contributed by atoms with Crippen molar-refractivity contribution in [2.45, 2.75) is 44.1 Å². The van der Waals surface area contributed by atoms with Crippen molar-refractivity contribution in [1.82, 2.24) is 10.8 Å². The summed E-state index contributed by atoms with van der Waals surface area (Å²) in [5.74, 6) is -0.695. The molecule has 1 aliphatic carbocycles. The van der Waals surface area contributed by atoms with Gasteiger partial charge in [-0.3, -0.25) is 14.8 Å². The average Bonchev–Trinajstić information content (AvgIpc) is 3.03. The van der Waals surface area contributed by atoms with E-state index in [1.807, 2.05) is 31.2 Å². The van der Waals surface area contributed by atoms with Crippen molar-refractivity contribution in [2.75, 3.05) is 5.75 Å². The summed E-state index contributed by atoms with van der Waals surface area (Å²) in [6, 6.07) is 7.13. The maximum absolute atomic E-state index is 12.8. The van der Waals surface area contributed by atoms with Gasteiger partial charge in [0, 0.05) is 5.75 Å². The molecule has 1 aromatic carbocycles. The highest BCUT2D eigenvalue weighted by Crippen LogP contribution is 2.41. The van der Waals surface area contributed by atoms with E-state index < -0.39 is 17.4 Å². The number of benzene rings is 1. The Morgan fingerprint density at radius 1 is 1.27 bits per heavy atom. The van der Waals surface area contributed by atoms with Crippen LogP contribution in [-0.2, 0) is 15.0 Å². The first-order valence-electron chi connectivity index (χ1n) is 7.46. The van der Waals surface area contributed by atoms with Crippen LogP contribution in [0.1, 0.15) is 36.8 Å². The Morgan fingerprint density at radius 3 is 2.36 bits per heavy atom. The lowest BCUT2D eigenvalue weighted by Crippen LogP contribution is -2.53. The van der Waals surface area contributed by atoms with E-state index in [0.29, 0.717) is 0 Å². The summed E-state index contributed by atoms with van der Waals surface area (Å²) in [4.78, 5) is 24.4. The zero-order valence-electron chi connectivity index (χ0n) is 12.6. The average molecular weight is 322 g/mol. The summed E-state index contributed by atoms with van der Waals surface area (Å²) in [6.45, 7) is 2.01. The van der Waals surface area contributed by atoms with Crippen LogP contribution in [0, 0.1) is 6.92 Å². The number of carbonyl (C=O) groups is 2. The molecule has 0 aromatic heterocycles. The van der Waals surface area contributed by atoms with Crippen molar-refractivity contribution < 1.29 is 14.8 Å². The molecule has 1 aliphatic rings. The monoisotopic (exact) mass is 322 g/mol.